The van der Waals surface area contributed by atoms with E-state index in [1.807, 2.05) is 4.90 Å². The molecule has 0 radical (unpaired) electrons. The van der Waals surface area contributed by atoms with Crippen LogP contribution in [0.15, 0.2) is 6.20 Å². The van der Waals surface area contributed by atoms with E-state index < -0.39 is 4.92 Å². The lowest BCUT2D eigenvalue weighted by molar-refractivity contribution is -0.384. The zero-order chi connectivity index (χ0) is 15.0. The van der Waals surface area contributed by atoms with Gasteiger partial charge in [-0.05, 0) is 18.8 Å². The summed E-state index contributed by atoms with van der Waals surface area (Å²) in [5, 5.41) is 14.1. The number of nitro groups is 1. The van der Waals surface area contributed by atoms with Crippen LogP contribution in [0.25, 0.3) is 0 Å². The molecule has 0 aromatic carbocycles. The van der Waals surface area contributed by atoms with Crippen molar-refractivity contribution in [2.24, 2.45) is 5.92 Å². The van der Waals surface area contributed by atoms with Crippen LogP contribution in [0, 0.1) is 16.0 Å². The minimum atomic E-state index is -0.497. The molecule has 9 heteroatoms. The minimum Gasteiger partial charge on any atom is -0.368 e. The average Bonchev–Trinajstić information content (AvgIpc) is 2.46. The van der Waals surface area contributed by atoms with Gasteiger partial charge in [0, 0.05) is 25.6 Å². The summed E-state index contributed by atoms with van der Waals surface area (Å²) in [5.41, 5.74) is 5.42. The van der Waals surface area contributed by atoms with Crippen molar-refractivity contribution in [1.82, 2.24) is 15.3 Å². The number of nitrogen functional groups attached to an aromatic ring is 1. The Labute approximate surface area is 120 Å². The summed E-state index contributed by atoms with van der Waals surface area (Å²) in [4.78, 5) is 31.6. The van der Waals surface area contributed by atoms with E-state index in [4.69, 9.17) is 5.73 Å². The van der Waals surface area contributed by atoms with Crippen molar-refractivity contribution in [3.63, 3.8) is 0 Å². The first-order valence-electron chi connectivity index (χ1n) is 6.86. The number of anilines is 2. The molecule has 2 saturated heterocycles. The van der Waals surface area contributed by atoms with Crippen LogP contribution in [0.5, 0.6) is 0 Å². The highest BCUT2D eigenvalue weighted by Gasteiger charge is 2.36. The van der Waals surface area contributed by atoms with Crippen LogP contribution in [0.3, 0.4) is 0 Å². The average molecular weight is 292 g/mol. The van der Waals surface area contributed by atoms with Crippen molar-refractivity contribution in [3.05, 3.63) is 16.3 Å². The zero-order valence-corrected chi connectivity index (χ0v) is 11.4. The van der Waals surface area contributed by atoms with Gasteiger partial charge in [0.05, 0.1) is 4.92 Å². The lowest BCUT2D eigenvalue weighted by Crippen LogP contribution is -2.54. The van der Waals surface area contributed by atoms with Crippen LogP contribution in [0.2, 0.25) is 0 Å². The number of hydrogen-bond acceptors (Lipinski definition) is 7. The third-order valence-corrected chi connectivity index (χ3v) is 4.09. The third-order valence-electron chi connectivity index (χ3n) is 4.09. The molecule has 3 N–H and O–H groups in total. The maximum absolute atomic E-state index is 11.4. The molecule has 2 unspecified atom stereocenters. The predicted octanol–water partition coefficient (Wildman–Crippen LogP) is 0.0719. The summed E-state index contributed by atoms with van der Waals surface area (Å²) in [6.07, 6.45) is 3.19. The van der Waals surface area contributed by atoms with Crippen molar-refractivity contribution in [2.75, 3.05) is 23.7 Å². The molecule has 21 heavy (non-hydrogen) atoms. The van der Waals surface area contributed by atoms with Crippen molar-refractivity contribution in [1.29, 1.82) is 0 Å². The van der Waals surface area contributed by atoms with E-state index >= 15 is 0 Å². The maximum atomic E-state index is 11.4. The van der Waals surface area contributed by atoms with Gasteiger partial charge in [0.2, 0.25) is 17.7 Å². The van der Waals surface area contributed by atoms with Crippen LogP contribution in [-0.2, 0) is 4.79 Å². The number of nitrogens with zero attached hydrogens (tertiary/aromatic N) is 4. The molecule has 2 aliphatic heterocycles. The normalized spacial score (nSPS) is 25.1. The Kier molecular flexibility index (Phi) is 3.32. The summed E-state index contributed by atoms with van der Waals surface area (Å²) in [6.45, 7) is 1.22. The standard InChI is InChI=1S/C12H16N6O3/c13-12-14-5-9(18(20)21)11(16-12)17-4-3-8-7(6-17)1-2-10(19)15-8/h5,7-8H,1-4,6H2,(H,15,19)(H2,13,14,16). The van der Waals surface area contributed by atoms with Gasteiger partial charge in [-0.2, -0.15) is 4.98 Å². The molecule has 1 aromatic rings. The van der Waals surface area contributed by atoms with E-state index in [0.29, 0.717) is 19.5 Å². The van der Waals surface area contributed by atoms with Crippen LogP contribution in [0.4, 0.5) is 17.5 Å². The highest BCUT2D eigenvalue weighted by Crippen LogP contribution is 2.32. The lowest BCUT2D eigenvalue weighted by Gasteiger charge is -2.41. The van der Waals surface area contributed by atoms with E-state index in [2.05, 4.69) is 15.3 Å². The molecule has 2 atom stereocenters. The number of hydrogen-bond donors (Lipinski definition) is 2. The monoisotopic (exact) mass is 292 g/mol. The molecule has 3 heterocycles. The van der Waals surface area contributed by atoms with Crippen LogP contribution in [-0.4, -0.2) is 39.9 Å². The quantitative estimate of drug-likeness (QED) is 0.583. The Hall–Kier alpha value is -2.45. The number of nitrogens with two attached hydrogens (primary N) is 1. The Balaban J connectivity index is 1.84. The second kappa shape index (κ2) is 5.15. The van der Waals surface area contributed by atoms with Crippen LogP contribution in [0.1, 0.15) is 19.3 Å². The molecule has 1 aromatic heterocycles. The van der Waals surface area contributed by atoms with Gasteiger partial charge in [0.25, 0.3) is 0 Å². The SMILES string of the molecule is Nc1ncc([N+](=O)[O-])c(N2CCC3NC(=O)CCC3C2)n1. The first-order valence-corrected chi connectivity index (χ1v) is 6.86. The van der Waals surface area contributed by atoms with Crippen molar-refractivity contribution in [2.45, 2.75) is 25.3 Å². The third kappa shape index (κ3) is 2.58. The van der Waals surface area contributed by atoms with E-state index in [0.717, 1.165) is 19.0 Å². The fourth-order valence-electron chi connectivity index (χ4n) is 3.04. The van der Waals surface area contributed by atoms with Gasteiger partial charge >= 0.3 is 5.69 Å². The van der Waals surface area contributed by atoms with E-state index in [1.165, 1.54) is 0 Å². The molecule has 112 valence electrons. The fourth-order valence-corrected chi connectivity index (χ4v) is 3.04. The number of nitrogens with one attached hydrogen (secondary N) is 1. The van der Waals surface area contributed by atoms with Crippen molar-refractivity contribution < 1.29 is 9.72 Å². The van der Waals surface area contributed by atoms with Gasteiger partial charge in [0.15, 0.2) is 0 Å². The molecule has 0 aliphatic carbocycles. The van der Waals surface area contributed by atoms with Crippen LogP contribution >= 0.6 is 0 Å². The van der Waals surface area contributed by atoms with Gasteiger partial charge in [-0.1, -0.05) is 0 Å². The zero-order valence-electron chi connectivity index (χ0n) is 11.4. The van der Waals surface area contributed by atoms with E-state index in [1.54, 1.807) is 0 Å². The first-order chi connectivity index (χ1) is 10.0. The number of fused-ring (bicyclic) bond motifs is 1. The molecule has 1 amide bonds. The molecule has 0 saturated carbocycles. The number of amides is 1. The van der Waals surface area contributed by atoms with Gasteiger partial charge in [-0.25, -0.2) is 4.98 Å². The smallest absolute Gasteiger partial charge is 0.329 e. The Morgan fingerprint density at radius 2 is 2.29 bits per heavy atom. The van der Waals surface area contributed by atoms with Crippen molar-refractivity contribution >= 4 is 23.4 Å². The van der Waals surface area contributed by atoms with Gasteiger partial charge in [-0.3, -0.25) is 14.9 Å². The number of aromatic nitrogens is 2. The Morgan fingerprint density at radius 3 is 3.05 bits per heavy atom. The number of rotatable bonds is 2. The summed E-state index contributed by atoms with van der Waals surface area (Å²) in [6, 6.07) is 0.153. The van der Waals surface area contributed by atoms with Crippen molar-refractivity contribution in [3.8, 4) is 0 Å². The second-order valence-corrected chi connectivity index (χ2v) is 5.40. The fraction of sp³-hybridized carbons (Fsp3) is 0.583. The lowest BCUT2D eigenvalue weighted by atomic mass is 9.85. The largest absolute Gasteiger partial charge is 0.368 e. The summed E-state index contributed by atoms with van der Waals surface area (Å²) >= 11 is 0. The highest BCUT2D eigenvalue weighted by molar-refractivity contribution is 5.77. The number of carbonyl (C=O) groups excluding carboxylic acids is 1. The van der Waals surface area contributed by atoms with Gasteiger partial charge in [-0.15, -0.1) is 0 Å². The highest BCUT2D eigenvalue weighted by atomic mass is 16.6. The summed E-state index contributed by atoms with van der Waals surface area (Å²) in [5.74, 6) is 0.659. The Morgan fingerprint density at radius 1 is 1.48 bits per heavy atom. The molecular weight excluding hydrogens is 276 g/mol. The van der Waals surface area contributed by atoms with E-state index in [9.17, 15) is 14.9 Å². The minimum absolute atomic E-state index is 0.0228. The van der Waals surface area contributed by atoms with Crippen LogP contribution < -0.4 is 16.0 Å². The first kappa shape index (κ1) is 13.5. The van der Waals surface area contributed by atoms with Gasteiger partial charge in [0.1, 0.15) is 6.20 Å². The predicted molar refractivity (Wildman–Crippen MR) is 74.6 cm³/mol. The molecule has 0 bridgehead atoms. The molecule has 9 nitrogen and oxygen atoms in total. The maximum Gasteiger partial charge on any atom is 0.329 e. The number of piperidine rings is 2. The molecule has 2 aliphatic rings. The molecule has 3 rings (SSSR count). The van der Waals surface area contributed by atoms with E-state index in [-0.39, 0.29) is 35.3 Å². The second-order valence-electron chi connectivity index (χ2n) is 5.40. The topological polar surface area (TPSA) is 127 Å². The molecular formula is C12H16N6O3. The Bertz CT molecular complexity index is 592. The number of carbonyl (C=O) groups is 1. The molecule has 0 spiro atoms. The molecule has 2 fully saturated rings. The van der Waals surface area contributed by atoms with Gasteiger partial charge < -0.3 is 16.0 Å². The summed E-state index contributed by atoms with van der Waals surface area (Å²) in [7, 11) is 0. The summed E-state index contributed by atoms with van der Waals surface area (Å²) < 4.78 is 0.